The quantitative estimate of drug-likeness (QED) is 0.658. The first-order chi connectivity index (χ1) is 6.74. The Morgan fingerprint density at radius 1 is 1.50 bits per heavy atom. The topological polar surface area (TPSA) is 36.7 Å². The van der Waals surface area contributed by atoms with Crippen LogP contribution >= 0.6 is 11.6 Å². The average molecular weight is 203 g/mol. The zero-order valence-electron chi connectivity index (χ0n) is 7.58. The van der Waals surface area contributed by atoms with Gasteiger partial charge >= 0.3 is 0 Å². The first kappa shape index (κ1) is 8.98. The number of hydrogen-bond acceptors (Lipinski definition) is 2. The third kappa shape index (κ3) is 1.23. The van der Waals surface area contributed by atoms with Gasteiger partial charge in [-0.1, -0.05) is 11.6 Å². The number of aryl methyl sites for hydroxylation is 1. The molecule has 0 radical (unpaired) electrons. The van der Waals surface area contributed by atoms with Gasteiger partial charge in [0.2, 0.25) is 0 Å². The molecule has 0 amide bonds. The summed E-state index contributed by atoms with van der Waals surface area (Å²) in [5.74, 6) is 0. The van der Waals surface area contributed by atoms with Crippen LogP contribution in [0.4, 0.5) is 0 Å². The Balaban J connectivity index is 3.00. The van der Waals surface area contributed by atoms with Gasteiger partial charge < -0.3 is 0 Å². The summed E-state index contributed by atoms with van der Waals surface area (Å²) < 4.78 is 0. The molecule has 0 aliphatic carbocycles. The number of nitrogens with zero attached hydrogens (tertiary/aromatic N) is 2. The number of fused-ring (bicyclic) bond motifs is 1. The van der Waals surface area contributed by atoms with Crippen molar-refractivity contribution in [1.82, 2.24) is 4.98 Å². The third-order valence-corrected chi connectivity index (χ3v) is 2.44. The van der Waals surface area contributed by atoms with Crippen LogP contribution in [0.5, 0.6) is 0 Å². The monoisotopic (exact) mass is 202 g/mol. The summed E-state index contributed by atoms with van der Waals surface area (Å²) in [6, 6.07) is 7.61. The smallest absolute Gasteiger partial charge is 0.100 e. The Hall–Kier alpha value is -1.59. The zero-order valence-corrected chi connectivity index (χ0v) is 8.34. The highest BCUT2D eigenvalue weighted by Gasteiger charge is 2.07. The van der Waals surface area contributed by atoms with E-state index in [0.717, 1.165) is 10.9 Å². The summed E-state index contributed by atoms with van der Waals surface area (Å²) in [5, 5.41) is 10.4. The SMILES string of the molecule is Cc1cc(Cl)c2ncccc2c1C#N. The van der Waals surface area contributed by atoms with E-state index in [0.29, 0.717) is 16.1 Å². The van der Waals surface area contributed by atoms with E-state index in [2.05, 4.69) is 11.1 Å². The number of benzene rings is 1. The van der Waals surface area contributed by atoms with Gasteiger partial charge in [-0.25, -0.2) is 0 Å². The minimum atomic E-state index is 0.595. The van der Waals surface area contributed by atoms with Crippen molar-refractivity contribution >= 4 is 22.5 Å². The molecule has 0 unspecified atom stereocenters. The highest BCUT2D eigenvalue weighted by atomic mass is 35.5. The minimum Gasteiger partial charge on any atom is -0.255 e. The van der Waals surface area contributed by atoms with E-state index in [-0.39, 0.29) is 0 Å². The second-order valence-corrected chi connectivity index (χ2v) is 3.47. The van der Waals surface area contributed by atoms with Crippen LogP contribution in [0.3, 0.4) is 0 Å². The van der Waals surface area contributed by atoms with Crippen LogP contribution in [0.15, 0.2) is 24.4 Å². The van der Waals surface area contributed by atoms with E-state index in [4.69, 9.17) is 16.9 Å². The van der Waals surface area contributed by atoms with Crippen molar-refractivity contribution in [2.45, 2.75) is 6.92 Å². The second-order valence-electron chi connectivity index (χ2n) is 3.06. The molecule has 0 spiro atoms. The lowest BCUT2D eigenvalue weighted by atomic mass is 10.0. The van der Waals surface area contributed by atoms with Gasteiger partial charge in [0.05, 0.1) is 16.1 Å². The number of rotatable bonds is 0. The summed E-state index contributed by atoms with van der Waals surface area (Å²) in [6.45, 7) is 1.87. The Morgan fingerprint density at radius 2 is 2.29 bits per heavy atom. The highest BCUT2D eigenvalue weighted by Crippen LogP contribution is 2.26. The molecule has 0 bridgehead atoms. The molecule has 1 aromatic heterocycles. The standard InChI is InChI=1S/C11H7ClN2/c1-7-5-10(12)11-8(9(7)6-13)3-2-4-14-11/h2-5H,1H3. The van der Waals surface area contributed by atoms with E-state index in [1.165, 1.54) is 0 Å². The Labute approximate surface area is 86.8 Å². The zero-order chi connectivity index (χ0) is 10.1. The third-order valence-electron chi connectivity index (χ3n) is 2.15. The molecule has 68 valence electrons. The van der Waals surface area contributed by atoms with E-state index in [9.17, 15) is 0 Å². The van der Waals surface area contributed by atoms with Gasteiger partial charge in [0.15, 0.2) is 0 Å². The van der Waals surface area contributed by atoms with Crippen LogP contribution in [0.1, 0.15) is 11.1 Å². The molecule has 0 fully saturated rings. The maximum absolute atomic E-state index is 8.99. The summed E-state index contributed by atoms with van der Waals surface area (Å²) in [5.41, 5.74) is 2.23. The van der Waals surface area contributed by atoms with Gasteiger partial charge in [0.1, 0.15) is 6.07 Å². The summed E-state index contributed by atoms with van der Waals surface area (Å²) in [7, 11) is 0. The Morgan fingerprint density at radius 3 is 3.00 bits per heavy atom. The lowest BCUT2D eigenvalue weighted by Crippen LogP contribution is -1.88. The van der Waals surface area contributed by atoms with Crippen molar-refractivity contribution in [2.75, 3.05) is 0 Å². The van der Waals surface area contributed by atoms with Crippen LogP contribution < -0.4 is 0 Å². The van der Waals surface area contributed by atoms with Crippen molar-refractivity contribution in [3.05, 3.63) is 40.5 Å². The van der Waals surface area contributed by atoms with E-state index in [1.54, 1.807) is 18.3 Å². The van der Waals surface area contributed by atoms with E-state index in [1.807, 2.05) is 13.0 Å². The van der Waals surface area contributed by atoms with Crippen LogP contribution in [0.2, 0.25) is 5.02 Å². The normalized spacial score (nSPS) is 10.1. The summed E-state index contributed by atoms with van der Waals surface area (Å²) in [6.07, 6.45) is 1.67. The molecule has 0 saturated heterocycles. The van der Waals surface area contributed by atoms with E-state index < -0.39 is 0 Å². The molecule has 2 nitrogen and oxygen atoms in total. The molecule has 1 aromatic carbocycles. The van der Waals surface area contributed by atoms with Crippen molar-refractivity contribution in [1.29, 1.82) is 5.26 Å². The van der Waals surface area contributed by atoms with Crippen LogP contribution in [-0.4, -0.2) is 4.98 Å². The number of pyridine rings is 1. The largest absolute Gasteiger partial charge is 0.255 e. The maximum Gasteiger partial charge on any atom is 0.100 e. The van der Waals surface area contributed by atoms with Gasteiger partial charge in [-0.2, -0.15) is 5.26 Å². The fourth-order valence-electron chi connectivity index (χ4n) is 1.49. The molecule has 0 saturated carbocycles. The maximum atomic E-state index is 8.99. The predicted molar refractivity (Wildman–Crippen MR) is 56.2 cm³/mol. The van der Waals surface area contributed by atoms with Gasteiger partial charge in [0.25, 0.3) is 0 Å². The second kappa shape index (κ2) is 3.28. The number of hydrogen-bond donors (Lipinski definition) is 0. The number of nitriles is 1. The number of aromatic nitrogens is 1. The van der Waals surface area contributed by atoms with E-state index >= 15 is 0 Å². The van der Waals surface area contributed by atoms with Gasteiger partial charge in [0, 0.05) is 11.6 Å². The van der Waals surface area contributed by atoms with Crippen molar-refractivity contribution in [2.24, 2.45) is 0 Å². The van der Waals surface area contributed by atoms with Gasteiger partial charge in [-0.3, -0.25) is 4.98 Å². The lowest BCUT2D eigenvalue weighted by Gasteiger charge is -2.04. The molecule has 2 rings (SSSR count). The summed E-state index contributed by atoms with van der Waals surface area (Å²) in [4.78, 5) is 4.15. The summed E-state index contributed by atoms with van der Waals surface area (Å²) >= 11 is 6.02. The molecular formula is C11H7ClN2. The Bertz CT molecular complexity index is 541. The highest BCUT2D eigenvalue weighted by molar-refractivity contribution is 6.35. The van der Waals surface area contributed by atoms with Crippen molar-refractivity contribution < 1.29 is 0 Å². The predicted octanol–water partition coefficient (Wildman–Crippen LogP) is 3.07. The molecule has 1 heterocycles. The van der Waals surface area contributed by atoms with Gasteiger partial charge in [-0.15, -0.1) is 0 Å². The van der Waals surface area contributed by atoms with Crippen molar-refractivity contribution in [3.63, 3.8) is 0 Å². The van der Waals surface area contributed by atoms with Crippen molar-refractivity contribution in [3.8, 4) is 6.07 Å². The minimum absolute atomic E-state index is 0.595. The van der Waals surface area contributed by atoms with Gasteiger partial charge in [-0.05, 0) is 30.7 Å². The Kier molecular flexibility index (Phi) is 2.11. The first-order valence-corrected chi connectivity index (χ1v) is 4.56. The molecular weight excluding hydrogens is 196 g/mol. The average Bonchev–Trinajstić information content (AvgIpc) is 2.18. The lowest BCUT2D eigenvalue weighted by molar-refractivity contribution is 1.37. The molecule has 3 heteroatoms. The first-order valence-electron chi connectivity index (χ1n) is 4.18. The number of halogens is 1. The molecule has 14 heavy (non-hydrogen) atoms. The molecule has 0 aliphatic heterocycles. The van der Waals surface area contributed by atoms with Crippen LogP contribution in [0.25, 0.3) is 10.9 Å². The molecule has 2 aromatic rings. The molecule has 0 atom stereocenters. The molecule has 0 N–H and O–H groups in total. The fourth-order valence-corrected chi connectivity index (χ4v) is 1.80. The van der Waals surface area contributed by atoms with Crippen LogP contribution in [0, 0.1) is 18.3 Å². The fraction of sp³-hybridized carbons (Fsp3) is 0.0909. The molecule has 0 aliphatic rings. The van der Waals surface area contributed by atoms with Crippen LogP contribution in [-0.2, 0) is 0 Å².